The third-order valence-electron chi connectivity index (χ3n) is 6.16. The molecular weight excluding hydrogens is 358 g/mol. The Morgan fingerprint density at radius 2 is 2.11 bits per heavy atom. The van der Waals surface area contributed by atoms with Crippen molar-refractivity contribution >= 4 is 33.8 Å². The number of fused-ring (bicyclic) bond motifs is 3. The van der Waals surface area contributed by atoms with Crippen molar-refractivity contribution < 1.29 is 9.59 Å². The summed E-state index contributed by atoms with van der Waals surface area (Å²) in [5.41, 5.74) is 2.11. The molecule has 8 heteroatoms. The Morgan fingerprint density at radius 1 is 1.21 bits per heavy atom. The summed E-state index contributed by atoms with van der Waals surface area (Å²) in [7, 11) is 0. The number of imidazole rings is 1. The van der Waals surface area contributed by atoms with Crippen LogP contribution in [0.4, 0.5) is 0 Å². The highest BCUT2D eigenvalue weighted by atomic mass is 16.2. The second-order valence-corrected chi connectivity index (χ2v) is 7.97. The molecule has 0 radical (unpaired) electrons. The van der Waals surface area contributed by atoms with Crippen LogP contribution in [0, 0.1) is 5.92 Å². The maximum atomic E-state index is 13.0. The van der Waals surface area contributed by atoms with E-state index in [1.807, 2.05) is 17.2 Å². The molecule has 1 amide bonds. The fourth-order valence-corrected chi connectivity index (χ4v) is 4.83. The maximum absolute atomic E-state index is 13.0. The summed E-state index contributed by atoms with van der Waals surface area (Å²) in [6, 6.07) is 1.84. The first-order valence-electron chi connectivity index (χ1n) is 9.98. The highest BCUT2D eigenvalue weighted by Gasteiger charge is 2.33. The molecule has 2 fully saturated rings. The van der Waals surface area contributed by atoms with Crippen molar-refractivity contribution in [2.45, 2.75) is 44.6 Å². The Bertz CT molecular complexity index is 1120. The summed E-state index contributed by atoms with van der Waals surface area (Å²) >= 11 is 0. The van der Waals surface area contributed by atoms with Crippen LogP contribution in [0.25, 0.3) is 22.1 Å². The number of likely N-dealkylation sites (tertiary alicyclic amines) is 1. The van der Waals surface area contributed by atoms with E-state index in [9.17, 15) is 14.4 Å². The molecule has 0 spiro atoms. The Hall–Kier alpha value is -2.90. The molecule has 4 heterocycles. The first-order valence-corrected chi connectivity index (χ1v) is 9.98. The molecule has 2 atom stereocenters. The number of H-pyrrole nitrogens is 2. The molecule has 1 saturated carbocycles. The van der Waals surface area contributed by atoms with Gasteiger partial charge in [0.15, 0.2) is 0 Å². The average Bonchev–Trinajstić information content (AvgIpc) is 3.30. The van der Waals surface area contributed by atoms with Crippen LogP contribution in [0.1, 0.15) is 44.6 Å². The second kappa shape index (κ2) is 6.61. The zero-order valence-corrected chi connectivity index (χ0v) is 15.6. The second-order valence-electron chi connectivity index (χ2n) is 7.97. The fraction of sp³-hybridized carbons (Fsp3) is 0.500. The van der Waals surface area contributed by atoms with E-state index in [4.69, 9.17) is 0 Å². The van der Waals surface area contributed by atoms with Crippen LogP contribution in [0.3, 0.4) is 0 Å². The third kappa shape index (κ3) is 2.75. The zero-order chi connectivity index (χ0) is 19.3. The number of Topliss-reactive ketones (excluding diaryl/α,β-unsaturated/α-hetero) is 1. The smallest absolute Gasteiger partial charge is 0.326 e. The minimum absolute atomic E-state index is 0.0686. The standard InChI is InChI=1S/C20H23N5O3/c26-14-5-1-3-12(9-14)19(27)24-8-2-4-13(11-24)25-17-15-6-7-21-18(15)22-10-16(17)23-20(25)28/h6-7,10,12-13H,1-5,8-9,11H2,(H,21,22)(H,23,28)/t12?,13-/m1/s1. The minimum atomic E-state index is -0.194. The van der Waals surface area contributed by atoms with E-state index in [2.05, 4.69) is 15.0 Å². The highest BCUT2D eigenvalue weighted by Crippen LogP contribution is 2.30. The number of pyridine rings is 1. The number of nitrogens with one attached hydrogen (secondary N) is 2. The monoisotopic (exact) mass is 381 g/mol. The van der Waals surface area contributed by atoms with E-state index in [0.717, 1.165) is 42.2 Å². The van der Waals surface area contributed by atoms with Crippen LogP contribution in [0.5, 0.6) is 0 Å². The van der Waals surface area contributed by atoms with Crippen molar-refractivity contribution in [3.05, 3.63) is 28.9 Å². The van der Waals surface area contributed by atoms with Crippen molar-refractivity contribution in [1.82, 2.24) is 24.4 Å². The quantitative estimate of drug-likeness (QED) is 0.709. The van der Waals surface area contributed by atoms with Gasteiger partial charge in [0.2, 0.25) is 5.91 Å². The van der Waals surface area contributed by atoms with E-state index in [1.165, 1.54) is 0 Å². The van der Waals surface area contributed by atoms with Crippen molar-refractivity contribution in [1.29, 1.82) is 0 Å². The Kier molecular flexibility index (Phi) is 4.07. The minimum Gasteiger partial charge on any atom is -0.346 e. The molecule has 1 saturated heterocycles. The lowest BCUT2D eigenvalue weighted by atomic mass is 9.87. The lowest BCUT2D eigenvalue weighted by molar-refractivity contribution is -0.141. The van der Waals surface area contributed by atoms with Gasteiger partial charge in [0, 0.05) is 43.4 Å². The molecule has 0 bridgehead atoms. The summed E-state index contributed by atoms with van der Waals surface area (Å²) in [6.07, 6.45) is 7.72. The summed E-state index contributed by atoms with van der Waals surface area (Å²) < 4.78 is 1.79. The van der Waals surface area contributed by atoms with Crippen molar-refractivity contribution in [2.75, 3.05) is 13.1 Å². The molecule has 1 unspecified atom stereocenters. The third-order valence-corrected chi connectivity index (χ3v) is 6.16. The van der Waals surface area contributed by atoms with Crippen LogP contribution in [-0.2, 0) is 9.59 Å². The molecule has 8 nitrogen and oxygen atoms in total. The van der Waals surface area contributed by atoms with Gasteiger partial charge in [0.1, 0.15) is 11.4 Å². The van der Waals surface area contributed by atoms with Gasteiger partial charge in [-0.3, -0.25) is 14.2 Å². The fourth-order valence-electron chi connectivity index (χ4n) is 4.83. The van der Waals surface area contributed by atoms with Gasteiger partial charge < -0.3 is 14.9 Å². The number of hydrogen-bond acceptors (Lipinski definition) is 4. The normalized spacial score (nSPS) is 23.6. The molecule has 28 heavy (non-hydrogen) atoms. The number of carbonyl (C=O) groups is 2. The largest absolute Gasteiger partial charge is 0.346 e. The number of carbonyl (C=O) groups excluding carboxylic acids is 2. The average molecular weight is 381 g/mol. The van der Waals surface area contributed by atoms with Crippen molar-refractivity contribution in [2.24, 2.45) is 5.92 Å². The van der Waals surface area contributed by atoms with Crippen LogP contribution in [0.15, 0.2) is 23.3 Å². The van der Waals surface area contributed by atoms with Gasteiger partial charge in [-0.05, 0) is 31.7 Å². The number of aromatic nitrogens is 4. The number of amides is 1. The first-order chi connectivity index (χ1) is 13.6. The molecule has 2 aliphatic rings. The van der Waals surface area contributed by atoms with Crippen molar-refractivity contribution in [3.63, 3.8) is 0 Å². The van der Waals surface area contributed by atoms with Gasteiger partial charge in [-0.15, -0.1) is 0 Å². The number of piperidine rings is 1. The Labute approximate surface area is 160 Å². The molecule has 146 valence electrons. The lowest BCUT2D eigenvalue weighted by Crippen LogP contribution is -2.45. The zero-order valence-electron chi connectivity index (χ0n) is 15.6. The van der Waals surface area contributed by atoms with Gasteiger partial charge >= 0.3 is 5.69 Å². The van der Waals surface area contributed by atoms with Gasteiger partial charge in [-0.25, -0.2) is 9.78 Å². The van der Waals surface area contributed by atoms with Gasteiger partial charge in [0.25, 0.3) is 0 Å². The molecule has 0 aromatic carbocycles. The molecule has 2 N–H and O–H groups in total. The maximum Gasteiger partial charge on any atom is 0.326 e. The Balaban J connectivity index is 1.48. The van der Waals surface area contributed by atoms with Gasteiger partial charge in [-0.1, -0.05) is 0 Å². The van der Waals surface area contributed by atoms with Crippen LogP contribution < -0.4 is 5.69 Å². The van der Waals surface area contributed by atoms with E-state index in [1.54, 1.807) is 10.8 Å². The summed E-state index contributed by atoms with van der Waals surface area (Å²) in [6.45, 7) is 1.20. The Morgan fingerprint density at radius 3 is 2.96 bits per heavy atom. The molecule has 3 aromatic rings. The number of ketones is 1. The summed E-state index contributed by atoms with van der Waals surface area (Å²) in [5.74, 6) is 0.0627. The molecule has 1 aliphatic heterocycles. The van der Waals surface area contributed by atoms with Crippen LogP contribution in [0.2, 0.25) is 0 Å². The summed E-state index contributed by atoms with van der Waals surface area (Å²) in [5, 5.41) is 0.900. The lowest BCUT2D eigenvalue weighted by Gasteiger charge is -2.36. The summed E-state index contributed by atoms with van der Waals surface area (Å²) in [4.78, 5) is 49.7. The topological polar surface area (TPSA) is 104 Å². The molecule has 1 aliphatic carbocycles. The van der Waals surface area contributed by atoms with E-state index in [0.29, 0.717) is 31.4 Å². The van der Waals surface area contributed by atoms with Crippen LogP contribution in [-0.4, -0.2) is 49.2 Å². The van der Waals surface area contributed by atoms with E-state index >= 15 is 0 Å². The predicted octanol–water partition coefficient (Wildman–Crippen LogP) is 2.13. The highest BCUT2D eigenvalue weighted by molar-refractivity contribution is 6.01. The molecular formula is C20H23N5O3. The van der Waals surface area contributed by atoms with Gasteiger partial charge in [0.05, 0.1) is 23.3 Å². The number of nitrogens with zero attached hydrogens (tertiary/aromatic N) is 3. The first kappa shape index (κ1) is 17.2. The molecule has 5 rings (SSSR count). The van der Waals surface area contributed by atoms with E-state index < -0.39 is 0 Å². The SMILES string of the molecule is O=C1CCCC(C(=O)N2CCC[C@@H](n3c(=O)[nH]c4cnc5[nH]ccc5c43)C2)C1. The van der Waals surface area contributed by atoms with Crippen LogP contribution >= 0.6 is 0 Å². The van der Waals surface area contributed by atoms with Crippen molar-refractivity contribution in [3.8, 4) is 0 Å². The van der Waals surface area contributed by atoms with Gasteiger partial charge in [-0.2, -0.15) is 0 Å². The molecule has 3 aromatic heterocycles. The number of aromatic amines is 2. The number of rotatable bonds is 2. The predicted molar refractivity (Wildman–Crippen MR) is 104 cm³/mol. The number of hydrogen-bond donors (Lipinski definition) is 2. The van der Waals surface area contributed by atoms with E-state index in [-0.39, 0.29) is 29.3 Å².